The summed E-state index contributed by atoms with van der Waals surface area (Å²) in [6.45, 7) is 0. The average molecular weight is 267 g/mol. The summed E-state index contributed by atoms with van der Waals surface area (Å²) in [6, 6.07) is 18.6. The summed E-state index contributed by atoms with van der Waals surface area (Å²) >= 11 is 5.35. The number of allylic oxidation sites excluding steroid dienone is 1. The second-order valence-electron chi connectivity index (χ2n) is 4.41. The Morgan fingerprint density at radius 2 is 1.58 bits per heavy atom. The molecule has 0 aliphatic carbocycles. The predicted octanol–water partition coefficient (Wildman–Crippen LogP) is 4.77. The molecule has 0 radical (unpaired) electrons. The van der Waals surface area contributed by atoms with Gasteiger partial charge in [-0.3, -0.25) is 4.79 Å². The van der Waals surface area contributed by atoms with Crippen molar-refractivity contribution in [2.75, 3.05) is 0 Å². The van der Waals surface area contributed by atoms with Crippen LogP contribution in [0.5, 0.6) is 0 Å². The van der Waals surface area contributed by atoms with Crippen molar-refractivity contribution in [3.63, 3.8) is 0 Å². The first-order valence-corrected chi connectivity index (χ1v) is 6.41. The molecule has 0 amide bonds. The van der Waals surface area contributed by atoms with Crippen molar-refractivity contribution in [3.8, 4) is 0 Å². The van der Waals surface area contributed by atoms with Crippen LogP contribution in [0.25, 0.3) is 27.6 Å². The van der Waals surface area contributed by atoms with Gasteiger partial charge >= 0.3 is 0 Å². The lowest BCUT2D eigenvalue weighted by Gasteiger charge is -2.05. The van der Waals surface area contributed by atoms with Crippen molar-refractivity contribution in [3.05, 3.63) is 66.2 Å². The molecule has 2 heteroatoms. The van der Waals surface area contributed by atoms with Crippen molar-refractivity contribution in [1.82, 2.24) is 0 Å². The molecule has 0 saturated carbocycles. The van der Waals surface area contributed by atoms with E-state index in [1.807, 2.05) is 24.3 Å². The summed E-state index contributed by atoms with van der Waals surface area (Å²) < 4.78 is 0. The fraction of sp³-hybridized carbons (Fsp3) is 0. The second kappa shape index (κ2) is 4.87. The quantitative estimate of drug-likeness (QED) is 0.371. The van der Waals surface area contributed by atoms with E-state index in [0.29, 0.717) is 0 Å². The number of hydrogen-bond donors (Lipinski definition) is 0. The van der Waals surface area contributed by atoms with Crippen molar-refractivity contribution >= 4 is 44.5 Å². The number of benzene rings is 3. The van der Waals surface area contributed by atoms with E-state index in [-0.39, 0.29) is 0 Å². The first-order chi connectivity index (χ1) is 9.24. The van der Waals surface area contributed by atoms with Gasteiger partial charge in [-0.1, -0.05) is 42.5 Å². The Balaban J connectivity index is 2.29. The molecular formula is C17H11ClO. The van der Waals surface area contributed by atoms with Gasteiger partial charge in [0.2, 0.25) is 5.24 Å². The third kappa shape index (κ3) is 2.38. The van der Waals surface area contributed by atoms with Crippen LogP contribution in [0, 0.1) is 0 Å². The molecule has 0 aliphatic heterocycles. The molecular weight excluding hydrogens is 256 g/mol. The lowest BCUT2D eigenvalue weighted by atomic mass is 9.99. The predicted molar refractivity (Wildman–Crippen MR) is 81.3 cm³/mol. The number of carbonyl (C=O) groups excluding carboxylic acids is 1. The number of rotatable bonds is 2. The van der Waals surface area contributed by atoms with Crippen LogP contribution in [0.3, 0.4) is 0 Å². The fourth-order valence-corrected chi connectivity index (χ4v) is 2.35. The molecule has 19 heavy (non-hydrogen) atoms. The van der Waals surface area contributed by atoms with Gasteiger partial charge in [-0.15, -0.1) is 0 Å². The summed E-state index contributed by atoms with van der Waals surface area (Å²) in [4.78, 5) is 10.8. The maximum atomic E-state index is 10.8. The molecule has 3 aromatic carbocycles. The van der Waals surface area contributed by atoms with Gasteiger partial charge in [0.1, 0.15) is 0 Å². The number of fused-ring (bicyclic) bond motifs is 2. The average Bonchev–Trinajstić information content (AvgIpc) is 2.42. The van der Waals surface area contributed by atoms with Gasteiger partial charge in [0.25, 0.3) is 0 Å². The number of hydrogen-bond acceptors (Lipinski definition) is 1. The maximum Gasteiger partial charge on any atom is 0.245 e. The van der Waals surface area contributed by atoms with Crippen LogP contribution in [0.1, 0.15) is 5.56 Å². The van der Waals surface area contributed by atoms with Crippen molar-refractivity contribution in [1.29, 1.82) is 0 Å². The summed E-state index contributed by atoms with van der Waals surface area (Å²) in [5.74, 6) is 0. The zero-order chi connectivity index (χ0) is 13.2. The summed E-state index contributed by atoms with van der Waals surface area (Å²) in [7, 11) is 0. The molecule has 3 rings (SSSR count). The van der Waals surface area contributed by atoms with Crippen LogP contribution in [0.15, 0.2) is 60.7 Å². The van der Waals surface area contributed by atoms with Gasteiger partial charge in [-0.2, -0.15) is 0 Å². The maximum absolute atomic E-state index is 10.8. The summed E-state index contributed by atoms with van der Waals surface area (Å²) in [5.41, 5.74) is 0.997. The Labute approximate surface area is 116 Å². The van der Waals surface area contributed by atoms with E-state index in [9.17, 15) is 4.79 Å². The highest BCUT2D eigenvalue weighted by Gasteiger charge is 2.01. The minimum Gasteiger partial charge on any atom is -0.276 e. The molecule has 3 aromatic rings. The van der Waals surface area contributed by atoms with Crippen molar-refractivity contribution in [2.45, 2.75) is 0 Å². The summed E-state index contributed by atoms with van der Waals surface area (Å²) in [6.07, 6.45) is 3.14. The molecule has 1 nitrogen and oxygen atoms in total. The Morgan fingerprint density at radius 1 is 0.895 bits per heavy atom. The molecule has 0 heterocycles. The van der Waals surface area contributed by atoms with Crippen molar-refractivity contribution < 1.29 is 4.79 Å². The molecule has 92 valence electrons. The fourth-order valence-electron chi connectivity index (χ4n) is 2.29. The van der Waals surface area contributed by atoms with E-state index in [4.69, 9.17) is 11.6 Å². The number of carbonyl (C=O) groups is 1. The molecule has 0 atom stereocenters. The van der Waals surface area contributed by atoms with Gasteiger partial charge in [0.15, 0.2) is 0 Å². The first-order valence-electron chi connectivity index (χ1n) is 6.03. The smallest absolute Gasteiger partial charge is 0.245 e. The van der Waals surface area contributed by atoms with Gasteiger partial charge in [0, 0.05) is 0 Å². The zero-order valence-electron chi connectivity index (χ0n) is 10.1. The monoisotopic (exact) mass is 266 g/mol. The van der Waals surface area contributed by atoms with E-state index in [0.717, 1.165) is 16.3 Å². The van der Waals surface area contributed by atoms with Gasteiger partial charge in [-0.05, 0) is 63.0 Å². The lowest BCUT2D eigenvalue weighted by molar-refractivity contribution is -0.107. The Morgan fingerprint density at radius 3 is 2.32 bits per heavy atom. The lowest BCUT2D eigenvalue weighted by Crippen LogP contribution is -1.82. The molecule has 0 aromatic heterocycles. The molecule has 0 bridgehead atoms. The highest BCUT2D eigenvalue weighted by Crippen LogP contribution is 2.26. The minimum absolute atomic E-state index is 0.460. The Kier molecular flexibility index (Phi) is 3.06. The van der Waals surface area contributed by atoms with Crippen LogP contribution in [0.2, 0.25) is 0 Å². The van der Waals surface area contributed by atoms with Gasteiger partial charge < -0.3 is 0 Å². The molecule has 0 spiro atoms. The largest absolute Gasteiger partial charge is 0.276 e. The van der Waals surface area contributed by atoms with E-state index < -0.39 is 5.24 Å². The topological polar surface area (TPSA) is 17.1 Å². The van der Waals surface area contributed by atoms with E-state index in [1.54, 1.807) is 6.08 Å². The van der Waals surface area contributed by atoms with Crippen LogP contribution in [-0.2, 0) is 4.79 Å². The minimum atomic E-state index is -0.460. The van der Waals surface area contributed by atoms with Crippen LogP contribution < -0.4 is 0 Å². The van der Waals surface area contributed by atoms with Crippen LogP contribution in [-0.4, -0.2) is 5.24 Å². The molecule has 0 fully saturated rings. The van der Waals surface area contributed by atoms with Crippen LogP contribution in [0.4, 0.5) is 0 Å². The SMILES string of the molecule is O=C(Cl)C=Cc1cccc2cc3ccccc3cc12. The molecule has 0 N–H and O–H groups in total. The highest BCUT2D eigenvalue weighted by molar-refractivity contribution is 6.66. The third-order valence-electron chi connectivity index (χ3n) is 3.17. The van der Waals surface area contributed by atoms with Gasteiger partial charge in [0.05, 0.1) is 0 Å². The first kappa shape index (κ1) is 11.9. The van der Waals surface area contributed by atoms with E-state index >= 15 is 0 Å². The number of halogens is 1. The second-order valence-corrected chi connectivity index (χ2v) is 4.78. The Hall–Kier alpha value is -2.12. The molecule has 0 aliphatic rings. The van der Waals surface area contributed by atoms with Crippen molar-refractivity contribution in [2.24, 2.45) is 0 Å². The molecule has 0 saturated heterocycles. The molecule has 0 unspecified atom stereocenters. The summed E-state index contributed by atoms with van der Waals surface area (Å²) in [5, 5.41) is 4.22. The normalized spacial score (nSPS) is 11.4. The third-order valence-corrected chi connectivity index (χ3v) is 3.30. The van der Waals surface area contributed by atoms with Gasteiger partial charge in [-0.25, -0.2) is 0 Å². The van der Waals surface area contributed by atoms with Crippen LogP contribution >= 0.6 is 11.6 Å². The van der Waals surface area contributed by atoms with E-state index in [1.165, 1.54) is 16.8 Å². The standard InChI is InChI=1S/C17H11ClO/c18-17(19)9-8-12-6-3-7-15-10-13-4-1-2-5-14(13)11-16(12)15/h1-11H. The zero-order valence-corrected chi connectivity index (χ0v) is 10.9. The van der Waals surface area contributed by atoms with E-state index in [2.05, 4.69) is 30.3 Å². The highest BCUT2D eigenvalue weighted by atomic mass is 35.5. The Bertz CT molecular complexity index is 803.